The highest BCUT2D eigenvalue weighted by Crippen LogP contribution is 2.44. The second-order valence-electron chi connectivity index (χ2n) is 9.60. The minimum Gasteiger partial charge on any atom is -0.481 e. The van der Waals surface area contributed by atoms with E-state index in [4.69, 9.17) is 9.84 Å². The van der Waals surface area contributed by atoms with E-state index in [9.17, 15) is 14.4 Å². The number of alkyl carbamates (subject to hydrolysis) is 1. The maximum absolute atomic E-state index is 12.7. The van der Waals surface area contributed by atoms with Crippen molar-refractivity contribution in [2.75, 3.05) is 6.61 Å². The summed E-state index contributed by atoms with van der Waals surface area (Å²) in [5.41, 5.74) is 4.64. The van der Waals surface area contributed by atoms with Gasteiger partial charge in [-0.25, -0.2) is 4.79 Å². The van der Waals surface area contributed by atoms with Crippen LogP contribution in [0.1, 0.15) is 68.9 Å². The molecule has 186 valence electrons. The van der Waals surface area contributed by atoms with E-state index < -0.39 is 12.1 Å². The molecule has 35 heavy (non-hydrogen) atoms. The number of carbonyl (C=O) groups excluding carboxylic acids is 2. The first-order chi connectivity index (χ1) is 17.0. The zero-order valence-corrected chi connectivity index (χ0v) is 20.2. The molecule has 7 nitrogen and oxygen atoms in total. The summed E-state index contributed by atoms with van der Waals surface area (Å²) in [6, 6.07) is 15.9. The molecule has 3 N–H and O–H groups in total. The first-order valence-corrected chi connectivity index (χ1v) is 12.6. The number of hydrogen-bond acceptors (Lipinski definition) is 4. The SMILES string of the molecule is CC[C@@H](CC(=O)N[C@@H]1CCCC[C@@H]1CC(=O)O)NC(=O)OCC1c2ccccc2-c2ccccc21. The molecule has 2 amide bonds. The number of carbonyl (C=O) groups is 3. The van der Waals surface area contributed by atoms with Crippen LogP contribution in [0.25, 0.3) is 11.1 Å². The first kappa shape index (κ1) is 24.8. The average Bonchev–Trinajstić information content (AvgIpc) is 3.17. The Labute approximate surface area is 206 Å². The van der Waals surface area contributed by atoms with E-state index in [-0.39, 0.29) is 49.3 Å². The largest absolute Gasteiger partial charge is 0.481 e. The van der Waals surface area contributed by atoms with Crippen LogP contribution >= 0.6 is 0 Å². The molecule has 0 radical (unpaired) electrons. The van der Waals surface area contributed by atoms with Crippen molar-refractivity contribution in [3.63, 3.8) is 0 Å². The van der Waals surface area contributed by atoms with Gasteiger partial charge in [0.2, 0.25) is 5.91 Å². The van der Waals surface area contributed by atoms with Gasteiger partial charge in [0, 0.05) is 24.4 Å². The summed E-state index contributed by atoms with van der Waals surface area (Å²) in [5.74, 6) is -1.06. The highest BCUT2D eigenvalue weighted by molar-refractivity contribution is 5.80. The summed E-state index contributed by atoms with van der Waals surface area (Å²) in [5, 5.41) is 15.0. The molecule has 0 bridgehead atoms. The van der Waals surface area contributed by atoms with Gasteiger partial charge in [-0.3, -0.25) is 9.59 Å². The van der Waals surface area contributed by atoms with Crippen LogP contribution in [-0.2, 0) is 14.3 Å². The van der Waals surface area contributed by atoms with E-state index in [1.165, 1.54) is 11.1 Å². The summed E-state index contributed by atoms with van der Waals surface area (Å²) in [6.45, 7) is 2.14. The summed E-state index contributed by atoms with van der Waals surface area (Å²) >= 11 is 0. The van der Waals surface area contributed by atoms with Crippen LogP contribution in [0, 0.1) is 5.92 Å². The number of aliphatic carboxylic acids is 1. The number of amides is 2. The quantitative estimate of drug-likeness (QED) is 0.478. The molecule has 1 saturated carbocycles. The van der Waals surface area contributed by atoms with Gasteiger partial charge in [0.05, 0.1) is 6.42 Å². The van der Waals surface area contributed by atoms with Crippen LogP contribution < -0.4 is 10.6 Å². The highest BCUT2D eigenvalue weighted by atomic mass is 16.5. The summed E-state index contributed by atoms with van der Waals surface area (Å²) in [4.78, 5) is 36.5. The number of rotatable bonds is 9. The Bertz CT molecular complexity index is 1020. The molecule has 2 aromatic carbocycles. The van der Waals surface area contributed by atoms with Gasteiger partial charge in [-0.15, -0.1) is 0 Å². The third-order valence-electron chi connectivity index (χ3n) is 7.28. The molecule has 0 heterocycles. The van der Waals surface area contributed by atoms with Gasteiger partial charge in [-0.1, -0.05) is 68.3 Å². The fourth-order valence-corrected chi connectivity index (χ4v) is 5.46. The van der Waals surface area contributed by atoms with Crippen LogP contribution in [0.5, 0.6) is 0 Å². The van der Waals surface area contributed by atoms with Crippen molar-refractivity contribution in [3.05, 3.63) is 59.7 Å². The molecular formula is C28H34N2O5. The second kappa shape index (κ2) is 11.4. The third-order valence-corrected chi connectivity index (χ3v) is 7.28. The normalized spacial score (nSPS) is 19.8. The number of fused-ring (bicyclic) bond motifs is 3. The van der Waals surface area contributed by atoms with Crippen molar-refractivity contribution in [1.29, 1.82) is 0 Å². The van der Waals surface area contributed by atoms with Crippen LogP contribution in [0.3, 0.4) is 0 Å². The predicted molar refractivity (Wildman–Crippen MR) is 133 cm³/mol. The van der Waals surface area contributed by atoms with Crippen molar-refractivity contribution < 1.29 is 24.2 Å². The molecule has 3 atom stereocenters. The molecule has 1 fully saturated rings. The molecule has 4 rings (SSSR count). The van der Waals surface area contributed by atoms with Gasteiger partial charge >= 0.3 is 12.1 Å². The van der Waals surface area contributed by atoms with Crippen LogP contribution in [0.2, 0.25) is 0 Å². The molecule has 0 saturated heterocycles. The molecule has 0 unspecified atom stereocenters. The fourth-order valence-electron chi connectivity index (χ4n) is 5.46. The minimum absolute atomic E-state index is 0.0194. The minimum atomic E-state index is -0.834. The topological polar surface area (TPSA) is 105 Å². The Kier molecular flexibility index (Phi) is 8.06. The molecule has 0 spiro atoms. The average molecular weight is 479 g/mol. The molecule has 0 aliphatic heterocycles. The van der Waals surface area contributed by atoms with E-state index in [0.717, 1.165) is 36.8 Å². The highest BCUT2D eigenvalue weighted by Gasteiger charge is 2.30. The van der Waals surface area contributed by atoms with E-state index in [2.05, 4.69) is 34.9 Å². The van der Waals surface area contributed by atoms with E-state index >= 15 is 0 Å². The van der Waals surface area contributed by atoms with Crippen molar-refractivity contribution in [1.82, 2.24) is 10.6 Å². The Morgan fingerprint density at radius 1 is 1.00 bits per heavy atom. The van der Waals surface area contributed by atoms with E-state index in [1.807, 2.05) is 31.2 Å². The monoisotopic (exact) mass is 478 g/mol. The van der Waals surface area contributed by atoms with E-state index in [1.54, 1.807) is 0 Å². The summed E-state index contributed by atoms with van der Waals surface area (Å²) < 4.78 is 5.62. The number of nitrogens with one attached hydrogen (secondary N) is 2. The molecule has 2 aromatic rings. The zero-order valence-electron chi connectivity index (χ0n) is 20.2. The Morgan fingerprint density at radius 3 is 2.26 bits per heavy atom. The van der Waals surface area contributed by atoms with Crippen molar-refractivity contribution in [3.8, 4) is 11.1 Å². The molecule has 0 aromatic heterocycles. The van der Waals surface area contributed by atoms with Gasteiger partial charge in [-0.2, -0.15) is 0 Å². The van der Waals surface area contributed by atoms with Gasteiger partial charge in [0.15, 0.2) is 0 Å². The lowest BCUT2D eigenvalue weighted by Gasteiger charge is -2.31. The lowest BCUT2D eigenvalue weighted by molar-refractivity contribution is -0.139. The zero-order chi connectivity index (χ0) is 24.8. The lowest BCUT2D eigenvalue weighted by Crippen LogP contribution is -2.45. The predicted octanol–water partition coefficient (Wildman–Crippen LogP) is 4.84. The molecule has 2 aliphatic rings. The van der Waals surface area contributed by atoms with Gasteiger partial charge in [-0.05, 0) is 47.4 Å². The Balaban J connectivity index is 1.30. The fraction of sp³-hybridized carbons (Fsp3) is 0.464. The molecule has 2 aliphatic carbocycles. The second-order valence-corrected chi connectivity index (χ2v) is 9.60. The maximum Gasteiger partial charge on any atom is 0.407 e. The number of carboxylic acids is 1. The van der Waals surface area contributed by atoms with Crippen LogP contribution in [-0.4, -0.2) is 41.8 Å². The number of ether oxygens (including phenoxy) is 1. The Hall–Kier alpha value is -3.35. The van der Waals surface area contributed by atoms with Crippen molar-refractivity contribution in [2.24, 2.45) is 5.92 Å². The smallest absolute Gasteiger partial charge is 0.407 e. The van der Waals surface area contributed by atoms with Crippen molar-refractivity contribution >= 4 is 18.0 Å². The summed E-state index contributed by atoms with van der Waals surface area (Å²) in [7, 11) is 0. The van der Waals surface area contributed by atoms with Gasteiger partial charge < -0.3 is 20.5 Å². The third kappa shape index (κ3) is 6.02. The standard InChI is InChI=1S/C28H34N2O5/c1-2-19(16-26(31)30-25-14-8-3-9-18(25)15-27(32)33)29-28(34)35-17-24-22-12-6-4-10-20(22)21-11-5-7-13-23(21)24/h4-7,10-13,18-19,24-25H,2-3,8-9,14-17H2,1H3,(H,29,34)(H,30,31)(H,32,33)/t18-,19+,25-/m1/s1. The first-order valence-electron chi connectivity index (χ1n) is 12.6. The lowest BCUT2D eigenvalue weighted by atomic mass is 9.82. The molecular weight excluding hydrogens is 444 g/mol. The summed E-state index contributed by atoms with van der Waals surface area (Å²) in [6.07, 6.45) is 3.83. The van der Waals surface area contributed by atoms with Crippen LogP contribution in [0.15, 0.2) is 48.5 Å². The maximum atomic E-state index is 12.7. The van der Waals surface area contributed by atoms with E-state index in [0.29, 0.717) is 6.42 Å². The number of carboxylic acid groups (broad SMARTS) is 1. The Morgan fingerprint density at radius 2 is 1.63 bits per heavy atom. The number of hydrogen-bond donors (Lipinski definition) is 3. The number of benzene rings is 2. The van der Waals surface area contributed by atoms with Crippen LogP contribution in [0.4, 0.5) is 4.79 Å². The van der Waals surface area contributed by atoms with Crippen molar-refractivity contribution in [2.45, 2.75) is 69.9 Å². The molecule has 7 heteroatoms. The van der Waals surface area contributed by atoms with Gasteiger partial charge in [0.25, 0.3) is 0 Å². The van der Waals surface area contributed by atoms with Gasteiger partial charge in [0.1, 0.15) is 6.61 Å².